The van der Waals surface area contributed by atoms with Crippen LogP contribution in [0.5, 0.6) is 12.0 Å². The standard InChI is InChI=1S/C14H17ClN4O2/c1-20-13-17-12(15)18-14(19-13)21-9-5-8-16-10-11-6-3-2-4-7-11/h2-4,6-7,16H,5,8-10H2,1H3. The van der Waals surface area contributed by atoms with E-state index in [1.54, 1.807) is 0 Å². The molecule has 6 nitrogen and oxygen atoms in total. The monoisotopic (exact) mass is 308 g/mol. The summed E-state index contributed by atoms with van der Waals surface area (Å²) in [6.07, 6.45) is 0.832. The maximum atomic E-state index is 5.72. The molecule has 112 valence electrons. The molecule has 1 heterocycles. The van der Waals surface area contributed by atoms with Crippen LogP contribution in [0.2, 0.25) is 5.28 Å². The molecule has 0 bridgehead atoms. The Morgan fingerprint density at radius 3 is 2.62 bits per heavy atom. The largest absolute Gasteiger partial charge is 0.467 e. The molecule has 0 saturated heterocycles. The summed E-state index contributed by atoms with van der Waals surface area (Å²) in [7, 11) is 1.46. The lowest BCUT2D eigenvalue weighted by Crippen LogP contribution is -2.17. The van der Waals surface area contributed by atoms with Crippen LogP contribution in [-0.2, 0) is 6.54 Å². The van der Waals surface area contributed by atoms with E-state index in [4.69, 9.17) is 21.1 Å². The van der Waals surface area contributed by atoms with Crippen LogP contribution in [-0.4, -0.2) is 35.2 Å². The quantitative estimate of drug-likeness (QED) is 0.753. The fraction of sp³-hybridized carbons (Fsp3) is 0.357. The molecule has 0 aliphatic heterocycles. The molecule has 0 unspecified atom stereocenters. The first kappa shape index (κ1) is 15.5. The molecule has 0 amide bonds. The second kappa shape index (κ2) is 8.39. The number of benzene rings is 1. The fourth-order valence-electron chi connectivity index (χ4n) is 1.66. The van der Waals surface area contributed by atoms with Gasteiger partial charge < -0.3 is 14.8 Å². The van der Waals surface area contributed by atoms with E-state index in [1.807, 2.05) is 18.2 Å². The molecule has 0 aliphatic rings. The van der Waals surface area contributed by atoms with Gasteiger partial charge in [0.25, 0.3) is 0 Å². The maximum Gasteiger partial charge on any atom is 0.323 e. The number of ether oxygens (including phenoxy) is 2. The average molecular weight is 309 g/mol. The summed E-state index contributed by atoms with van der Waals surface area (Å²) in [5.74, 6) is 0. The molecule has 0 aliphatic carbocycles. The van der Waals surface area contributed by atoms with Gasteiger partial charge in [-0.1, -0.05) is 30.3 Å². The highest BCUT2D eigenvalue weighted by Crippen LogP contribution is 2.12. The number of nitrogens with zero attached hydrogens (tertiary/aromatic N) is 3. The molecule has 7 heteroatoms. The van der Waals surface area contributed by atoms with Crippen molar-refractivity contribution in [2.45, 2.75) is 13.0 Å². The van der Waals surface area contributed by atoms with Gasteiger partial charge in [-0.15, -0.1) is 4.98 Å². The first-order chi connectivity index (χ1) is 10.3. The number of hydrogen-bond acceptors (Lipinski definition) is 6. The highest BCUT2D eigenvalue weighted by Gasteiger charge is 2.05. The smallest absolute Gasteiger partial charge is 0.323 e. The Morgan fingerprint density at radius 2 is 1.86 bits per heavy atom. The van der Waals surface area contributed by atoms with Crippen molar-refractivity contribution in [1.82, 2.24) is 20.3 Å². The number of nitrogens with one attached hydrogen (secondary N) is 1. The summed E-state index contributed by atoms with van der Waals surface area (Å²) < 4.78 is 10.3. The lowest BCUT2D eigenvalue weighted by molar-refractivity contribution is 0.274. The number of halogens is 1. The van der Waals surface area contributed by atoms with Crippen molar-refractivity contribution in [3.05, 3.63) is 41.2 Å². The predicted octanol–water partition coefficient (Wildman–Crippen LogP) is 2.09. The second-order valence-corrected chi connectivity index (χ2v) is 4.58. The van der Waals surface area contributed by atoms with Crippen LogP contribution >= 0.6 is 11.6 Å². The van der Waals surface area contributed by atoms with Crippen molar-refractivity contribution in [2.75, 3.05) is 20.3 Å². The van der Waals surface area contributed by atoms with Crippen molar-refractivity contribution in [1.29, 1.82) is 0 Å². The Labute approximate surface area is 128 Å². The van der Waals surface area contributed by atoms with E-state index < -0.39 is 0 Å². The summed E-state index contributed by atoms with van der Waals surface area (Å²) in [5.41, 5.74) is 1.26. The van der Waals surface area contributed by atoms with Crippen LogP contribution in [0.15, 0.2) is 30.3 Å². The van der Waals surface area contributed by atoms with Crippen LogP contribution in [0, 0.1) is 0 Å². The first-order valence-electron chi connectivity index (χ1n) is 6.61. The van der Waals surface area contributed by atoms with Gasteiger partial charge in [-0.2, -0.15) is 9.97 Å². The minimum atomic E-state index is 0.0547. The van der Waals surface area contributed by atoms with Crippen LogP contribution < -0.4 is 14.8 Å². The van der Waals surface area contributed by atoms with Gasteiger partial charge in [0.15, 0.2) is 0 Å². The van der Waals surface area contributed by atoms with E-state index in [-0.39, 0.29) is 17.3 Å². The van der Waals surface area contributed by atoms with Gasteiger partial charge >= 0.3 is 12.0 Å². The molecular weight excluding hydrogens is 292 g/mol. The van der Waals surface area contributed by atoms with E-state index in [0.717, 1.165) is 19.5 Å². The molecule has 0 saturated carbocycles. The second-order valence-electron chi connectivity index (χ2n) is 4.24. The molecule has 0 radical (unpaired) electrons. The Balaban J connectivity index is 1.65. The highest BCUT2D eigenvalue weighted by molar-refractivity contribution is 6.28. The molecule has 21 heavy (non-hydrogen) atoms. The zero-order valence-corrected chi connectivity index (χ0v) is 12.5. The highest BCUT2D eigenvalue weighted by atomic mass is 35.5. The summed E-state index contributed by atoms with van der Waals surface area (Å²) in [5, 5.41) is 3.39. The van der Waals surface area contributed by atoms with Crippen LogP contribution in [0.3, 0.4) is 0 Å². The third-order valence-electron chi connectivity index (χ3n) is 2.65. The fourth-order valence-corrected chi connectivity index (χ4v) is 1.80. The lowest BCUT2D eigenvalue weighted by atomic mass is 10.2. The van der Waals surface area contributed by atoms with Crippen LogP contribution in [0.1, 0.15) is 12.0 Å². The molecule has 1 aromatic heterocycles. The number of rotatable bonds is 8. The third kappa shape index (κ3) is 5.53. The zero-order chi connectivity index (χ0) is 14.9. The van der Waals surface area contributed by atoms with Gasteiger partial charge in [0.05, 0.1) is 13.7 Å². The van der Waals surface area contributed by atoms with Crippen molar-refractivity contribution >= 4 is 11.6 Å². The number of hydrogen-bond donors (Lipinski definition) is 1. The van der Waals surface area contributed by atoms with Gasteiger partial charge in [0, 0.05) is 6.54 Å². The minimum absolute atomic E-state index is 0.0547. The molecule has 0 atom stereocenters. The summed E-state index contributed by atoms with van der Waals surface area (Å²) >= 11 is 5.72. The average Bonchev–Trinajstić information content (AvgIpc) is 2.51. The number of aromatic nitrogens is 3. The molecule has 2 aromatic rings. The Hall–Kier alpha value is -1.92. The van der Waals surface area contributed by atoms with Gasteiger partial charge in [0.1, 0.15) is 0 Å². The maximum absolute atomic E-state index is 5.72. The summed E-state index contributed by atoms with van der Waals surface area (Å²) in [6.45, 7) is 2.17. The zero-order valence-electron chi connectivity index (χ0n) is 11.8. The molecule has 1 N–H and O–H groups in total. The molecular formula is C14H17ClN4O2. The first-order valence-corrected chi connectivity index (χ1v) is 6.99. The predicted molar refractivity (Wildman–Crippen MR) is 79.6 cm³/mol. The van der Waals surface area contributed by atoms with Crippen LogP contribution in [0.25, 0.3) is 0 Å². The Kier molecular flexibility index (Phi) is 6.18. The minimum Gasteiger partial charge on any atom is -0.467 e. The molecule has 1 aromatic carbocycles. The van der Waals surface area contributed by atoms with Crippen molar-refractivity contribution in [3.8, 4) is 12.0 Å². The normalized spacial score (nSPS) is 10.4. The Bertz CT molecular complexity index is 554. The van der Waals surface area contributed by atoms with Crippen molar-refractivity contribution in [3.63, 3.8) is 0 Å². The van der Waals surface area contributed by atoms with Gasteiger partial charge in [0.2, 0.25) is 5.28 Å². The Morgan fingerprint density at radius 1 is 1.10 bits per heavy atom. The van der Waals surface area contributed by atoms with Gasteiger partial charge in [-0.25, -0.2) is 0 Å². The summed E-state index contributed by atoms with van der Waals surface area (Å²) in [4.78, 5) is 11.6. The van der Waals surface area contributed by atoms with Gasteiger partial charge in [-0.3, -0.25) is 0 Å². The van der Waals surface area contributed by atoms with Crippen LogP contribution in [0.4, 0.5) is 0 Å². The van der Waals surface area contributed by atoms with E-state index in [1.165, 1.54) is 12.7 Å². The van der Waals surface area contributed by atoms with Crippen molar-refractivity contribution < 1.29 is 9.47 Å². The van der Waals surface area contributed by atoms with Gasteiger partial charge in [-0.05, 0) is 30.1 Å². The van der Waals surface area contributed by atoms with Crippen molar-refractivity contribution in [2.24, 2.45) is 0 Å². The molecule has 2 rings (SSSR count). The topological polar surface area (TPSA) is 69.2 Å². The number of methoxy groups -OCH3 is 1. The molecule has 0 fully saturated rings. The van der Waals surface area contributed by atoms with E-state index >= 15 is 0 Å². The molecule has 0 spiro atoms. The van der Waals surface area contributed by atoms with E-state index in [0.29, 0.717) is 6.61 Å². The van der Waals surface area contributed by atoms with E-state index in [2.05, 4.69) is 32.4 Å². The third-order valence-corrected chi connectivity index (χ3v) is 2.82. The van der Waals surface area contributed by atoms with E-state index in [9.17, 15) is 0 Å². The lowest BCUT2D eigenvalue weighted by Gasteiger charge is -2.07. The SMILES string of the molecule is COc1nc(Cl)nc(OCCCNCc2ccccc2)n1. The summed E-state index contributed by atoms with van der Waals surface area (Å²) in [6, 6.07) is 10.6.